The van der Waals surface area contributed by atoms with Crippen molar-refractivity contribution in [2.75, 3.05) is 0 Å². The first-order valence-electron chi connectivity index (χ1n) is 6.81. The van der Waals surface area contributed by atoms with Gasteiger partial charge in [0.15, 0.2) is 5.82 Å². The molecular formula is C13H22N2O2S. The highest BCUT2D eigenvalue weighted by molar-refractivity contribution is 7.99. The molecule has 0 spiro atoms. The van der Waals surface area contributed by atoms with Gasteiger partial charge in [-0.25, -0.2) is 0 Å². The van der Waals surface area contributed by atoms with Gasteiger partial charge in [0, 0.05) is 11.2 Å². The Bertz CT molecular complexity index is 362. The van der Waals surface area contributed by atoms with Crippen molar-refractivity contribution in [2.45, 2.75) is 69.0 Å². The fourth-order valence-electron chi connectivity index (χ4n) is 2.15. The lowest BCUT2D eigenvalue weighted by atomic mass is 9.87. The molecule has 0 amide bonds. The molecule has 0 aliphatic heterocycles. The quantitative estimate of drug-likeness (QED) is 0.890. The van der Waals surface area contributed by atoms with Crippen LogP contribution in [0.25, 0.3) is 0 Å². The summed E-state index contributed by atoms with van der Waals surface area (Å²) in [6.07, 6.45) is 4.65. The molecule has 102 valence electrons. The Hall–Kier alpha value is -0.550. The van der Waals surface area contributed by atoms with Crippen molar-refractivity contribution in [1.29, 1.82) is 0 Å². The predicted molar refractivity (Wildman–Crippen MR) is 72.6 cm³/mol. The van der Waals surface area contributed by atoms with E-state index in [0.29, 0.717) is 11.2 Å². The number of nitrogens with zero attached hydrogens (tertiary/aromatic N) is 2. The molecule has 18 heavy (non-hydrogen) atoms. The molecule has 0 aromatic carbocycles. The molecule has 0 saturated heterocycles. The number of aromatic nitrogens is 2. The van der Waals surface area contributed by atoms with Gasteiger partial charge >= 0.3 is 0 Å². The Morgan fingerprint density at radius 2 is 2.11 bits per heavy atom. The Morgan fingerprint density at radius 1 is 1.39 bits per heavy atom. The van der Waals surface area contributed by atoms with Gasteiger partial charge in [0.2, 0.25) is 5.89 Å². The van der Waals surface area contributed by atoms with Gasteiger partial charge in [-0.05, 0) is 32.1 Å². The van der Waals surface area contributed by atoms with Crippen LogP contribution in [-0.4, -0.2) is 26.6 Å². The van der Waals surface area contributed by atoms with E-state index in [4.69, 9.17) is 4.52 Å². The molecule has 5 heteroatoms. The van der Waals surface area contributed by atoms with Crippen molar-refractivity contribution < 1.29 is 9.63 Å². The molecule has 1 fully saturated rings. The number of rotatable bonds is 5. The molecule has 1 atom stereocenters. The second-order valence-electron chi connectivity index (χ2n) is 5.08. The van der Waals surface area contributed by atoms with E-state index in [9.17, 15) is 5.11 Å². The van der Waals surface area contributed by atoms with Gasteiger partial charge < -0.3 is 9.63 Å². The summed E-state index contributed by atoms with van der Waals surface area (Å²) in [4.78, 5) is 4.48. The predicted octanol–water partition coefficient (Wildman–Crippen LogP) is 3.12. The van der Waals surface area contributed by atoms with Crippen molar-refractivity contribution in [2.24, 2.45) is 0 Å². The third kappa shape index (κ3) is 3.72. The molecule has 1 aliphatic carbocycles. The van der Waals surface area contributed by atoms with Crippen LogP contribution in [-0.2, 0) is 5.75 Å². The Labute approximate surface area is 113 Å². The van der Waals surface area contributed by atoms with Crippen LogP contribution in [0.5, 0.6) is 0 Å². The molecule has 1 saturated carbocycles. The van der Waals surface area contributed by atoms with Crippen LogP contribution in [0.15, 0.2) is 4.52 Å². The van der Waals surface area contributed by atoms with Crippen LogP contribution in [0, 0.1) is 0 Å². The molecular weight excluding hydrogens is 248 g/mol. The summed E-state index contributed by atoms with van der Waals surface area (Å²) in [5.41, 5.74) is 0. The molecule has 1 heterocycles. The monoisotopic (exact) mass is 270 g/mol. The number of hydrogen-bond acceptors (Lipinski definition) is 5. The minimum atomic E-state index is -0.135. The van der Waals surface area contributed by atoms with Crippen molar-refractivity contribution in [1.82, 2.24) is 10.1 Å². The fourth-order valence-corrected chi connectivity index (χ4v) is 2.94. The molecule has 0 bridgehead atoms. The number of aliphatic hydroxyl groups is 1. The van der Waals surface area contributed by atoms with Crippen LogP contribution in [0.1, 0.15) is 63.6 Å². The average molecular weight is 270 g/mol. The van der Waals surface area contributed by atoms with Crippen LogP contribution in [0.4, 0.5) is 0 Å². The normalized spacial score (nSPS) is 26.2. The highest BCUT2D eigenvalue weighted by Gasteiger charge is 2.25. The van der Waals surface area contributed by atoms with E-state index in [2.05, 4.69) is 24.0 Å². The van der Waals surface area contributed by atoms with E-state index in [1.807, 2.05) is 11.8 Å². The SMILES string of the molecule is CCC(C)SCc1noc(C2CCC(O)CC2)n1. The third-order valence-corrected chi connectivity index (χ3v) is 4.93. The Kier molecular flexibility index (Phi) is 5.06. The summed E-state index contributed by atoms with van der Waals surface area (Å²) < 4.78 is 5.35. The number of thioether (sulfide) groups is 1. The number of aliphatic hydroxyl groups excluding tert-OH is 1. The second-order valence-corrected chi connectivity index (χ2v) is 6.51. The topological polar surface area (TPSA) is 59.2 Å². The Morgan fingerprint density at radius 3 is 2.78 bits per heavy atom. The van der Waals surface area contributed by atoms with E-state index in [0.717, 1.165) is 49.6 Å². The largest absolute Gasteiger partial charge is 0.393 e. The first-order valence-corrected chi connectivity index (χ1v) is 7.86. The zero-order valence-corrected chi connectivity index (χ0v) is 11.9. The lowest BCUT2D eigenvalue weighted by molar-refractivity contribution is 0.116. The maximum atomic E-state index is 9.48. The van der Waals surface area contributed by atoms with E-state index < -0.39 is 0 Å². The van der Waals surface area contributed by atoms with Gasteiger partial charge in [0.25, 0.3) is 0 Å². The standard InChI is InChI=1S/C13H22N2O2S/c1-3-9(2)18-8-12-14-13(17-15-12)10-4-6-11(16)7-5-10/h9-11,16H,3-8H2,1-2H3. The third-order valence-electron chi connectivity index (χ3n) is 3.60. The van der Waals surface area contributed by atoms with Gasteiger partial charge in [-0.1, -0.05) is 19.0 Å². The van der Waals surface area contributed by atoms with E-state index in [1.165, 1.54) is 0 Å². The summed E-state index contributed by atoms with van der Waals surface area (Å²) in [5, 5.41) is 14.2. The summed E-state index contributed by atoms with van der Waals surface area (Å²) in [6, 6.07) is 0. The molecule has 2 rings (SSSR count). The van der Waals surface area contributed by atoms with Crippen LogP contribution in [0.3, 0.4) is 0 Å². The van der Waals surface area contributed by atoms with Gasteiger partial charge in [0.05, 0.1) is 11.9 Å². The smallest absolute Gasteiger partial charge is 0.229 e. The zero-order chi connectivity index (χ0) is 13.0. The molecule has 1 aromatic rings. The van der Waals surface area contributed by atoms with E-state index in [-0.39, 0.29) is 6.10 Å². The minimum absolute atomic E-state index is 0.135. The van der Waals surface area contributed by atoms with E-state index in [1.54, 1.807) is 0 Å². The summed E-state index contributed by atoms with van der Waals surface area (Å²) in [5.74, 6) is 2.75. The first-order chi connectivity index (χ1) is 8.69. The molecule has 1 aliphatic rings. The first kappa shape index (κ1) is 13.9. The van der Waals surface area contributed by atoms with Gasteiger partial charge in [-0.3, -0.25) is 0 Å². The lowest BCUT2D eigenvalue weighted by Crippen LogP contribution is -2.17. The van der Waals surface area contributed by atoms with Crippen molar-refractivity contribution in [3.05, 3.63) is 11.7 Å². The molecule has 4 nitrogen and oxygen atoms in total. The zero-order valence-electron chi connectivity index (χ0n) is 11.1. The lowest BCUT2D eigenvalue weighted by Gasteiger charge is -2.22. The van der Waals surface area contributed by atoms with Crippen molar-refractivity contribution in [3.8, 4) is 0 Å². The maximum Gasteiger partial charge on any atom is 0.229 e. The van der Waals surface area contributed by atoms with E-state index >= 15 is 0 Å². The van der Waals surface area contributed by atoms with Gasteiger partial charge in [-0.2, -0.15) is 16.7 Å². The van der Waals surface area contributed by atoms with Crippen LogP contribution < -0.4 is 0 Å². The van der Waals surface area contributed by atoms with Crippen molar-refractivity contribution >= 4 is 11.8 Å². The minimum Gasteiger partial charge on any atom is -0.393 e. The Balaban J connectivity index is 1.86. The summed E-state index contributed by atoms with van der Waals surface area (Å²) in [7, 11) is 0. The summed E-state index contributed by atoms with van der Waals surface area (Å²) >= 11 is 1.86. The fraction of sp³-hybridized carbons (Fsp3) is 0.846. The second kappa shape index (κ2) is 6.57. The summed E-state index contributed by atoms with van der Waals surface area (Å²) in [6.45, 7) is 4.40. The van der Waals surface area contributed by atoms with Gasteiger partial charge in [0.1, 0.15) is 0 Å². The number of hydrogen-bond donors (Lipinski definition) is 1. The maximum absolute atomic E-state index is 9.48. The highest BCUT2D eigenvalue weighted by Crippen LogP contribution is 2.32. The molecule has 1 aromatic heterocycles. The highest BCUT2D eigenvalue weighted by atomic mass is 32.2. The molecule has 1 N–H and O–H groups in total. The molecule has 1 unspecified atom stereocenters. The average Bonchev–Trinajstić information content (AvgIpc) is 2.85. The van der Waals surface area contributed by atoms with Crippen LogP contribution in [0.2, 0.25) is 0 Å². The van der Waals surface area contributed by atoms with Crippen molar-refractivity contribution in [3.63, 3.8) is 0 Å². The van der Waals surface area contributed by atoms with Gasteiger partial charge in [-0.15, -0.1) is 0 Å². The van der Waals surface area contributed by atoms with Crippen LogP contribution >= 0.6 is 11.8 Å². The molecule has 0 radical (unpaired) electrons.